The number of carbonyl (C=O) groups excluding carboxylic acids is 1. The zero-order valence-corrected chi connectivity index (χ0v) is 14.6. The Balaban J connectivity index is 1.87. The third kappa shape index (κ3) is 5.30. The van der Waals surface area contributed by atoms with Crippen molar-refractivity contribution in [1.82, 2.24) is 0 Å². The maximum Gasteiger partial charge on any atom is 0.243 e. The minimum Gasteiger partial charge on any atom is -0.494 e. The summed E-state index contributed by atoms with van der Waals surface area (Å²) in [6, 6.07) is 15.6. The number of benzene rings is 2. The summed E-state index contributed by atoms with van der Waals surface area (Å²) in [5.41, 5.74) is 2.91. The van der Waals surface area contributed by atoms with Crippen LogP contribution in [-0.4, -0.2) is 19.1 Å². The number of carbonyl (C=O) groups is 1. The first kappa shape index (κ1) is 17.9. The van der Waals surface area contributed by atoms with E-state index in [-0.39, 0.29) is 12.5 Å². The molecule has 4 nitrogen and oxygen atoms in total. The summed E-state index contributed by atoms with van der Waals surface area (Å²) >= 11 is 0. The second-order valence-electron chi connectivity index (χ2n) is 6.02. The van der Waals surface area contributed by atoms with E-state index in [0.717, 1.165) is 29.1 Å². The van der Waals surface area contributed by atoms with Crippen molar-refractivity contribution >= 4 is 17.3 Å². The van der Waals surface area contributed by atoms with Gasteiger partial charge in [-0.1, -0.05) is 39.0 Å². The Hall–Kier alpha value is -2.49. The second-order valence-corrected chi connectivity index (χ2v) is 6.02. The largest absolute Gasteiger partial charge is 0.494 e. The lowest BCUT2D eigenvalue weighted by Gasteiger charge is -2.14. The van der Waals surface area contributed by atoms with Crippen LogP contribution in [0.3, 0.4) is 0 Å². The van der Waals surface area contributed by atoms with Gasteiger partial charge in [0.05, 0.1) is 13.2 Å². The first-order valence-electron chi connectivity index (χ1n) is 8.45. The summed E-state index contributed by atoms with van der Waals surface area (Å²) in [7, 11) is 0. The minimum absolute atomic E-state index is 0.0607. The molecule has 0 heterocycles. The van der Waals surface area contributed by atoms with Gasteiger partial charge < -0.3 is 15.4 Å². The van der Waals surface area contributed by atoms with Gasteiger partial charge in [-0.15, -0.1) is 0 Å². The highest BCUT2D eigenvalue weighted by atomic mass is 16.5. The molecule has 4 heteroatoms. The maximum atomic E-state index is 12.2. The van der Waals surface area contributed by atoms with Crippen molar-refractivity contribution in [2.45, 2.75) is 33.1 Å². The van der Waals surface area contributed by atoms with Crippen molar-refractivity contribution in [1.29, 1.82) is 0 Å². The molecule has 0 aliphatic carbocycles. The lowest BCUT2D eigenvalue weighted by atomic mass is 10.0. The lowest BCUT2D eigenvalue weighted by molar-refractivity contribution is -0.114. The summed E-state index contributed by atoms with van der Waals surface area (Å²) < 4.78 is 5.54. The van der Waals surface area contributed by atoms with E-state index >= 15 is 0 Å². The van der Waals surface area contributed by atoms with Crippen molar-refractivity contribution in [3.05, 3.63) is 54.1 Å². The van der Waals surface area contributed by atoms with Gasteiger partial charge in [-0.25, -0.2) is 0 Å². The van der Waals surface area contributed by atoms with Crippen molar-refractivity contribution in [2.75, 3.05) is 23.8 Å². The molecule has 2 aromatic carbocycles. The van der Waals surface area contributed by atoms with E-state index in [1.165, 1.54) is 0 Å². The molecule has 2 N–H and O–H groups in total. The minimum atomic E-state index is -0.0607. The van der Waals surface area contributed by atoms with Crippen LogP contribution in [-0.2, 0) is 4.79 Å². The molecule has 0 aliphatic rings. The molecular formula is C20H26N2O2. The summed E-state index contributed by atoms with van der Waals surface area (Å²) in [4.78, 5) is 12.2. The van der Waals surface area contributed by atoms with Crippen molar-refractivity contribution < 1.29 is 9.53 Å². The summed E-state index contributed by atoms with van der Waals surface area (Å²) in [5.74, 6) is 1.15. The van der Waals surface area contributed by atoms with Gasteiger partial charge in [0.25, 0.3) is 0 Å². The van der Waals surface area contributed by atoms with E-state index in [9.17, 15) is 4.79 Å². The van der Waals surface area contributed by atoms with Crippen LogP contribution in [0.1, 0.15) is 38.7 Å². The van der Waals surface area contributed by atoms with Crippen LogP contribution in [0.2, 0.25) is 0 Å². The maximum absolute atomic E-state index is 12.2. The number of hydrogen-bond donors (Lipinski definition) is 2. The molecule has 2 aromatic rings. The smallest absolute Gasteiger partial charge is 0.243 e. The van der Waals surface area contributed by atoms with E-state index in [4.69, 9.17) is 4.74 Å². The van der Waals surface area contributed by atoms with Gasteiger partial charge >= 0.3 is 0 Å². The Morgan fingerprint density at radius 1 is 1.08 bits per heavy atom. The summed E-state index contributed by atoms with van der Waals surface area (Å²) in [5, 5.41) is 6.10. The molecule has 1 amide bonds. The number of amides is 1. The lowest BCUT2D eigenvalue weighted by Crippen LogP contribution is -2.22. The van der Waals surface area contributed by atoms with Gasteiger partial charge in [-0.3, -0.25) is 4.79 Å². The summed E-state index contributed by atoms with van der Waals surface area (Å²) in [6.45, 7) is 7.24. The summed E-state index contributed by atoms with van der Waals surface area (Å²) in [6.07, 6.45) is 0.984. The average molecular weight is 326 g/mol. The van der Waals surface area contributed by atoms with Gasteiger partial charge in [0, 0.05) is 11.4 Å². The van der Waals surface area contributed by atoms with Gasteiger partial charge in [0.2, 0.25) is 5.91 Å². The highest BCUT2D eigenvalue weighted by Gasteiger charge is 2.09. The number of nitrogens with one attached hydrogen (secondary N) is 2. The topological polar surface area (TPSA) is 50.4 Å². The third-order valence-electron chi connectivity index (χ3n) is 3.64. The molecule has 24 heavy (non-hydrogen) atoms. The van der Waals surface area contributed by atoms with Crippen LogP contribution in [0.5, 0.6) is 5.75 Å². The molecule has 0 radical (unpaired) electrons. The van der Waals surface area contributed by atoms with E-state index in [1.54, 1.807) is 0 Å². The van der Waals surface area contributed by atoms with Crippen LogP contribution in [0.4, 0.5) is 11.4 Å². The van der Waals surface area contributed by atoms with E-state index in [1.807, 2.05) is 48.5 Å². The van der Waals surface area contributed by atoms with Gasteiger partial charge in [0.1, 0.15) is 5.75 Å². The molecule has 0 aromatic heterocycles. The first-order valence-corrected chi connectivity index (χ1v) is 8.45. The van der Waals surface area contributed by atoms with Crippen molar-refractivity contribution in [3.8, 4) is 5.75 Å². The second kappa shape index (κ2) is 8.96. The van der Waals surface area contributed by atoms with Crippen LogP contribution >= 0.6 is 0 Å². The van der Waals surface area contributed by atoms with Crippen molar-refractivity contribution in [2.24, 2.45) is 0 Å². The Bertz CT molecular complexity index is 651. The average Bonchev–Trinajstić information content (AvgIpc) is 2.59. The highest BCUT2D eigenvalue weighted by molar-refractivity contribution is 5.94. The zero-order chi connectivity index (χ0) is 17.4. The third-order valence-corrected chi connectivity index (χ3v) is 3.64. The van der Waals surface area contributed by atoms with Crippen LogP contribution in [0.15, 0.2) is 48.5 Å². The number of para-hydroxylation sites is 1. The molecule has 0 aliphatic heterocycles. The SMILES string of the molecule is CCCOc1ccc(NCC(=O)Nc2ccccc2C(C)C)cc1. The zero-order valence-electron chi connectivity index (χ0n) is 14.6. The molecule has 0 spiro atoms. The molecule has 0 saturated heterocycles. The molecule has 128 valence electrons. The fourth-order valence-electron chi connectivity index (χ4n) is 2.38. The molecular weight excluding hydrogens is 300 g/mol. The first-order chi connectivity index (χ1) is 11.6. The Morgan fingerprint density at radius 3 is 2.46 bits per heavy atom. The van der Waals surface area contributed by atoms with Gasteiger partial charge in [0.15, 0.2) is 0 Å². The quantitative estimate of drug-likeness (QED) is 0.742. The standard InChI is InChI=1S/C20H26N2O2/c1-4-13-24-17-11-9-16(10-12-17)21-14-20(23)22-19-8-6-5-7-18(19)15(2)3/h5-12,15,21H,4,13-14H2,1-3H3,(H,22,23). The van der Waals surface area contributed by atoms with Crippen LogP contribution in [0, 0.1) is 0 Å². The monoisotopic (exact) mass is 326 g/mol. The number of anilines is 2. The predicted octanol–water partition coefficient (Wildman–Crippen LogP) is 4.65. The van der Waals surface area contributed by atoms with E-state index < -0.39 is 0 Å². The van der Waals surface area contributed by atoms with Gasteiger partial charge in [-0.05, 0) is 48.2 Å². The van der Waals surface area contributed by atoms with Crippen LogP contribution in [0.25, 0.3) is 0 Å². The fraction of sp³-hybridized carbons (Fsp3) is 0.350. The fourth-order valence-corrected chi connectivity index (χ4v) is 2.38. The molecule has 0 fully saturated rings. The van der Waals surface area contributed by atoms with E-state index in [2.05, 4.69) is 31.4 Å². The van der Waals surface area contributed by atoms with Gasteiger partial charge in [-0.2, -0.15) is 0 Å². The molecule has 0 bridgehead atoms. The molecule has 0 saturated carbocycles. The number of ether oxygens (including phenoxy) is 1. The Labute approximate surface area is 144 Å². The predicted molar refractivity (Wildman–Crippen MR) is 99.9 cm³/mol. The normalized spacial score (nSPS) is 10.5. The number of hydrogen-bond acceptors (Lipinski definition) is 3. The molecule has 0 unspecified atom stereocenters. The van der Waals surface area contributed by atoms with Crippen molar-refractivity contribution in [3.63, 3.8) is 0 Å². The highest BCUT2D eigenvalue weighted by Crippen LogP contribution is 2.23. The van der Waals surface area contributed by atoms with E-state index in [0.29, 0.717) is 12.5 Å². The Morgan fingerprint density at radius 2 is 1.79 bits per heavy atom. The Kier molecular flexibility index (Phi) is 6.67. The number of rotatable bonds is 8. The van der Waals surface area contributed by atoms with Crippen LogP contribution < -0.4 is 15.4 Å². The molecule has 0 atom stereocenters. The molecule has 2 rings (SSSR count).